The van der Waals surface area contributed by atoms with E-state index in [1.165, 1.54) is 43.2 Å². The quantitative estimate of drug-likeness (QED) is 0.575. The van der Waals surface area contributed by atoms with Crippen molar-refractivity contribution in [2.45, 2.75) is 55.6 Å². The van der Waals surface area contributed by atoms with Gasteiger partial charge in [-0.3, -0.25) is 4.79 Å². The summed E-state index contributed by atoms with van der Waals surface area (Å²) in [4.78, 5) is 24.4. The molecule has 0 aromatic carbocycles. The molecule has 10 heteroatoms. The maximum absolute atomic E-state index is 13.2. The van der Waals surface area contributed by atoms with E-state index >= 15 is 0 Å². The van der Waals surface area contributed by atoms with Crippen molar-refractivity contribution in [3.63, 3.8) is 0 Å². The van der Waals surface area contributed by atoms with E-state index in [4.69, 9.17) is 9.47 Å². The molecule has 2 heterocycles. The van der Waals surface area contributed by atoms with E-state index in [-0.39, 0.29) is 42.2 Å². The summed E-state index contributed by atoms with van der Waals surface area (Å²) >= 11 is 0.952. The standard InChI is InChI=1S/C21H31N2O6S2.2CH2/c1-28-18-17(20(25)29-2)14-30-21(18)31(26,27)23-11-10-15(13-23)12-22-19(24)16-8-6-4-3-5-7-9-16;;/h14-15H,3-13H2,1-2H3,(H,22,24);2*1H2. The number of methoxy groups -OCH3 is 2. The molecule has 33 heavy (non-hydrogen) atoms. The molecule has 8 nitrogen and oxygen atoms in total. The molecule has 1 amide bonds. The van der Waals surface area contributed by atoms with Crippen LogP contribution >= 0.6 is 11.3 Å². The molecule has 1 unspecified atom stereocenters. The number of hydrogen-bond donors (Lipinski definition) is 1. The van der Waals surface area contributed by atoms with Crippen LogP contribution in [0, 0.1) is 26.7 Å². The fourth-order valence-electron chi connectivity index (χ4n) is 4.17. The third kappa shape index (κ3) is 6.93. The summed E-state index contributed by atoms with van der Waals surface area (Å²) in [6, 6.07) is 0. The highest BCUT2D eigenvalue weighted by Gasteiger charge is 2.37. The summed E-state index contributed by atoms with van der Waals surface area (Å²) in [7, 11) is -1.23. The Morgan fingerprint density at radius 3 is 2.36 bits per heavy atom. The molecule has 185 valence electrons. The highest BCUT2D eigenvalue weighted by atomic mass is 32.2. The number of carbonyl (C=O) groups excluding carboxylic acids is 2. The zero-order chi connectivity index (χ0) is 22.4. The van der Waals surface area contributed by atoms with Crippen LogP contribution in [0.5, 0.6) is 5.75 Å². The molecule has 1 aromatic rings. The minimum atomic E-state index is -3.80. The second-order valence-corrected chi connectivity index (χ2v) is 11.1. The SMILES string of the molecule is COC(=O)c1csc(S(=O)(=O)N2CCC(CNC(=O)[C]3CCCCCCC3)C2)c1OC.[CH2].[CH2]. The van der Waals surface area contributed by atoms with Gasteiger partial charge in [0.2, 0.25) is 5.91 Å². The van der Waals surface area contributed by atoms with E-state index in [9.17, 15) is 18.0 Å². The van der Waals surface area contributed by atoms with E-state index in [1.54, 1.807) is 0 Å². The van der Waals surface area contributed by atoms with Gasteiger partial charge in [-0.15, -0.1) is 11.3 Å². The van der Waals surface area contributed by atoms with Gasteiger partial charge in [-0.05, 0) is 25.2 Å². The molecular weight excluding hydrogens is 464 g/mol. The van der Waals surface area contributed by atoms with Crippen LogP contribution in [0.1, 0.15) is 61.7 Å². The Bertz CT molecular complexity index is 876. The fraction of sp³-hybridized carbons (Fsp3) is 0.609. The monoisotopic (exact) mass is 499 g/mol. The maximum Gasteiger partial charge on any atom is 0.342 e. The topological polar surface area (TPSA) is 102 Å². The van der Waals surface area contributed by atoms with Gasteiger partial charge in [0.25, 0.3) is 10.0 Å². The number of sulfonamides is 1. The molecule has 1 N–H and O–H groups in total. The molecule has 1 aliphatic heterocycles. The van der Waals surface area contributed by atoms with Gasteiger partial charge >= 0.3 is 5.97 Å². The second kappa shape index (κ2) is 13.3. The first-order valence-electron chi connectivity index (χ1n) is 10.7. The molecule has 2 fully saturated rings. The zero-order valence-electron chi connectivity index (χ0n) is 19.6. The predicted molar refractivity (Wildman–Crippen MR) is 128 cm³/mol. The smallest absolute Gasteiger partial charge is 0.342 e. The number of esters is 1. The molecule has 1 atom stereocenters. The summed E-state index contributed by atoms with van der Waals surface area (Å²) in [5.74, 6) is 0.433. The Hall–Kier alpha value is -1.65. The number of ether oxygens (including phenoxy) is 2. The summed E-state index contributed by atoms with van der Waals surface area (Å²) in [5.41, 5.74) is 0.104. The van der Waals surface area contributed by atoms with Crippen molar-refractivity contribution in [2.24, 2.45) is 5.92 Å². The Labute approximate surface area is 203 Å². The van der Waals surface area contributed by atoms with Crippen molar-refractivity contribution in [1.82, 2.24) is 9.62 Å². The van der Waals surface area contributed by atoms with Gasteiger partial charge in [-0.1, -0.05) is 47.0 Å². The average Bonchev–Trinajstić information content (AvgIpc) is 3.39. The molecular formula is C23H35N2O6S2. The molecule has 1 aromatic heterocycles. The molecule has 5 radical (unpaired) electrons. The van der Waals surface area contributed by atoms with E-state index in [0.29, 0.717) is 26.1 Å². The van der Waals surface area contributed by atoms with E-state index in [2.05, 4.69) is 5.32 Å². The van der Waals surface area contributed by atoms with Crippen molar-refractivity contribution in [3.8, 4) is 5.75 Å². The normalized spacial score (nSPS) is 20.0. The van der Waals surface area contributed by atoms with Crippen LogP contribution in [0.3, 0.4) is 0 Å². The first-order chi connectivity index (χ1) is 14.9. The molecule has 0 bridgehead atoms. The Morgan fingerprint density at radius 1 is 1.12 bits per heavy atom. The Kier molecular flexibility index (Phi) is 11.8. The highest BCUT2D eigenvalue weighted by Crippen LogP contribution is 2.38. The lowest BCUT2D eigenvalue weighted by Gasteiger charge is -2.20. The third-order valence-electron chi connectivity index (χ3n) is 5.98. The summed E-state index contributed by atoms with van der Waals surface area (Å²) in [5, 5.41) is 4.46. The van der Waals surface area contributed by atoms with Crippen LogP contribution in [0.4, 0.5) is 0 Å². The number of hydrogen-bond acceptors (Lipinski definition) is 7. The van der Waals surface area contributed by atoms with Crippen molar-refractivity contribution < 1.29 is 27.5 Å². The number of carbonyl (C=O) groups is 2. The number of nitrogens with zero attached hydrogens (tertiary/aromatic N) is 1. The largest absolute Gasteiger partial charge is 0.494 e. The molecule has 2 aliphatic rings. The van der Waals surface area contributed by atoms with Crippen LogP contribution in [-0.2, 0) is 19.6 Å². The summed E-state index contributed by atoms with van der Waals surface area (Å²) in [6.07, 6.45) is 8.12. The van der Waals surface area contributed by atoms with Gasteiger partial charge in [0, 0.05) is 25.0 Å². The lowest BCUT2D eigenvalue weighted by atomic mass is 9.90. The van der Waals surface area contributed by atoms with Gasteiger partial charge < -0.3 is 14.8 Å². The Balaban J connectivity index is 0.00000272. The fourth-order valence-corrected chi connectivity index (χ4v) is 7.26. The van der Waals surface area contributed by atoms with Crippen molar-refractivity contribution in [2.75, 3.05) is 33.9 Å². The third-order valence-corrected chi connectivity index (χ3v) is 9.31. The van der Waals surface area contributed by atoms with E-state index in [0.717, 1.165) is 42.9 Å². The van der Waals surface area contributed by atoms with Crippen LogP contribution in [0.25, 0.3) is 0 Å². The molecule has 1 aliphatic carbocycles. The number of nitrogens with one attached hydrogen (secondary N) is 1. The van der Waals surface area contributed by atoms with Crippen LogP contribution < -0.4 is 10.1 Å². The van der Waals surface area contributed by atoms with Gasteiger partial charge in [-0.2, -0.15) is 4.31 Å². The lowest BCUT2D eigenvalue weighted by Crippen LogP contribution is -2.35. The Morgan fingerprint density at radius 2 is 1.76 bits per heavy atom. The minimum absolute atomic E-state index is 0. The van der Waals surface area contributed by atoms with Gasteiger partial charge in [0.1, 0.15) is 5.56 Å². The van der Waals surface area contributed by atoms with Crippen LogP contribution in [0.2, 0.25) is 0 Å². The first kappa shape index (κ1) is 29.4. The van der Waals surface area contributed by atoms with Crippen LogP contribution in [-0.4, -0.2) is 58.5 Å². The first-order valence-corrected chi connectivity index (χ1v) is 13.1. The molecule has 3 rings (SSSR count). The molecule has 1 saturated heterocycles. The predicted octanol–water partition coefficient (Wildman–Crippen LogP) is 3.64. The number of amides is 1. The zero-order valence-corrected chi connectivity index (χ0v) is 21.2. The summed E-state index contributed by atoms with van der Waals surface area (Å²) in [6.45, 7) is 1.16. The number of rotatable bonds is 7. The van der Waals surface area contributed by atoms with E-state index < -0.39 is 16.0 Å². The minimum Gasteiger partial charge on any atom is -0.494 e. The van der Waals surface area contributed by atoms with Gasteiger partial charge in [-0.25, -0.2) is 13.2 Å². The van der Waals surface area contributed by atoms with Gasteiger partial charge in [0.15, 0.2) is 9.96 Å². The average molecular weight is 500 g/mol. The van der Waals surface area contributed by atoms with Crippen molar-refractivity contribution >= 4 is 33.2 Å². The number of thiophene rings is 1. The van der Waals surface area contributed by atoms with Gasteiger partial charge in [0.05, 0.1) is 20.1 Å². The van der Waals surface area contributed by atoms with Crippen LogP contribution in [0.15, 0.2) is 9.59 Å². The second-order valence-electron chi connectivity index (χ2n) is 8.06. The molecule has 1 saturated carbocycles. The van der Waals surface area contributed by atoms with Crippen molar-refractivity contribution in [1.29, 1.82) is 0 Å². The lowest BCUT2D eigenvalue weighted by molar-refractivity contribution is -0.120. The maximum atomic E-state index is 13.2. The van der Waals surface area contributed by atoms with E-state index in [1.807, 2.05) is 0 Å². The van der Waals surface area contributed by atoms with Crippen molar-refractivity contribution in [3.05, 3.63) is 31.7 Å². The summed E-state index contributed by atoms with van der Waals surface area (Å²) < 4.78 is 37.6. The highest BCUT2D eigenvalue weighted by molar-refractivity contribution is 7.91. The molecule has 0 spiro atoms.